The fraction of sp³-hybridized carbons (Fsp3) is 0.600. The van der Waals surface area contributed by atoms with Gasteiger partial charge in [-0.25, -0.2) is 8.42 Å². The molecular weight excluding hydrogens is 272 g/mol. The van der Waals surface area contributed by atoms with Crippen molar-refractivity contribution in [2.75, 3.05) is 31.6 Å². The van der Waals surface area contributed by atoms with E-state index in [1.54, 1.807) is 0 Å². The molecule has 1 aromatic rings. The molecule has 1 saturated heterocycles. The Morgan fingerprint density at radius 3 is 2.80 bits per heavy atom. The Labute approximate surface area is 122 Å². The molecule has 1 aromatic carbocycles. The number of rotatable bonds is 5. The molecule has 0 aliphatic carbocycles. The van der Waals surface area contributed by atoms with E-state index in [2.05, 4.69) is 48.5 Å². The molecule has 0 radical (unpaired) electrons. The van der Waals surface area contributed by atoms with Crippen molar-refractivity contribution in [2.24, 2.45) is 0 Å². The van der Waals surface area contributed by atoms with Crippen LogP contribution in [0.4, 0.5) is 0 Å². The van der Waals surface area contributed by atoms with Crippen molar-refractivity contribution in [1.29, 1.82) is 0 Å². The standard InChI is InChI=1S/C15H24N2O2S/c1-13-5-3-4-6-14(13)11-17(2)9-7-15-12-20(18,19)10-8-16-15/h3-6,15-16H,7-12H2,1-2H3. The van der Waals surface area contributed by atoms with Gasteiger partial charge in [0.1, 0.15) is 0 Å². The highest BCUT2D eigenvalue weighted by atomic mass is 32.2. The number of sulfone groups is 1. The molecule has 0 amide bonds. The third kappa shape index (κ3) is 4.58. The first-order chi connectivity index (χ1) is 9.46. The van der Waals surface area contributed by atoms with Gasteiger partial charge in [0.05, 0.1) is 11.5 Å². The third-order valence-corrected chi connectivity index (χ3v) is 5.60. The van der Waals surface area contributed by atoms with Crippen molar-refractivity contribution in [3.05, 3.63) is 35.4 Å². The molecule has 112 valence electrons. The van der Waals surface area contributed by atoms with Crippen molar-refractivity contribution in [3.63, 3.8) is 0 Å². The monoisotopic (exact) mass is 296 g/mol. The molecule has 1 atom stereocenters. The van der Waals surface area contributed by atoms with Crippen LogP contribution in [0.25, 0.3) is 0 Å². The Hall–Kier alpha value is -0.910. The van der Waals surface area contributed by atoms with Crippen molar-refractivity contribution in [2.45, 2.75) is 25.9 Å². The van der Waals surface area contributed by atoms with Gasteiger partial charge in [0.15, 0.2) is 9.84 Å². The summed E-state index contributed by atoms with van der Waals surface area (Å²) < 4.78 is 23.2. The van der Waals surface area contributed by atoms with Gasteiger partial charge in [0, 0.05) is 19.1 Å². The molecule has 1 aliphatic heterocycles. The van der Waals surface area contributed by atoms with E-state index in [0.717, 1.165) is 19.5 Å². The van der Waals surface area contributed by atoms with Crippen molar-refractivity contribution < 1.29 is 8.42 Å². The van der Waals surface area contributed by atoms with Crippen LogP contribution in [0.3, 0.4) is 0 Å². The van der Waals surface area contributed by atoms with Gasteiger partial charge in [-0.1, -0.05) is 24.3 Å². The zero-order valence-corrected chi connectivity index (χ0v) is 13.1. The molecule has 1 N–H and O–H groups in total. The van der Waals surface area contributed by atoms with Crippen LogP contribution < -0.4 is 5.32 Å². The lowest BCUT2D eigenvalue weighted by Crippen LogP contribution is -2.46. The number of nitrogens with zero attached hydrogens (tertiary/aromatic N) is 1. The van der Waals surface area contributed by atoms with Crippen molar-refractivity contribution in [1.82, 2.24) is 10.2 Å². The number of nitrogens with one attached hydrogen (secondary N) is 1. The Morgan fingerprint density at radius 2 is 2.10 bits per heavy atom. The Morgan fingerprint density at radius 1 is 1.35 bits per heavy atom. The summed E-state index contributed by atoms with van der Waals surface area (Å²) in [5.74, 6) is 0.563. The van der Waals surface area contributed by atoms with Gasteiger partial charge in [-0.2, -0.15) is 0 Å². The quantitative estimate of drug-likeness (QED) is 0.887. The molecule has 1 unspecified atom stereocenters. The topological polar surface area (TPSA) is 49.4 Å². The fourth-order valence-electron chi connectivity index (χ4n) is 2.59. The van der Waals surface area contributed by atoms with Crippen molar-refractivity contribution in [3.8, 4) is 0 Å². The lowest BCUT2D eigenvalue weighted by atomic mass is 10.1. The van der Waals surface area contributed by atoms with Gasteiger partial charge in [-0.15, -0.1) is 0 Å². The summed E-state index contributed by atoms with van der Waals surface area (Å²) in [5.41, 5.74) is 2.64. The lowest BCUT2D eigenvalue weighted by molar-refractivity contribution is 0.303. The molecule has 1 heterocycles. The molecule has 20 heavy (non-hydrogen) atoms. The normalized spacial score (nSPS) is 22.1. The molecule has 0 spiro atoms. The van der Waals surface area contributed by atoms with Gasteiger partial charge in [0.25, 0.3) is 0 Å². The van der Waals surface area contributed by atoms with Gasteiger partial charge in [0.2, 0.25) is 0 Å². The maximum atomic E-state index is 11.6. The average molecular weight is 296 g/mol. The van der Waals surface area contributed by atoms with Crippen LogP contribution in [0.5, 0.6) is 0 Å². The molecule has 2 rings (SSSR count). The SMILES string of the molecule is Cc1ccccc1CN(C)CCC1CS(=O)(=O)CCN1. The molecule has 1 aliphatic rings. The highest BCUT2D eigenvalue weighted by Crippen LogP contribution is 2.11. The Kier molecular flexibility index (Phi) is 5.18. The van der Waals surface area contributed by atoms with Crippen LogP contribution in [0, 0.1) is 6.92 Å². The summed E-state index contributed by atoms with van der Waals surface area (Å²) >= 11 is 0. The zero-order valence-electron chi connectivity index (χ0n) is 12.3. The van der Waals surface area contributed by atoms with Crippen LogP contribution in [0.2, 0.25) is 0 Å². The zero-order chi connectivity index (χ0) is 14.6. The molecule has 0 bridgehead atoms. The second kappa shape index (κ2) is 6.70. The summed E-state index contributed by atoms with van der Waals surface area (Å²) in [7, 11) is -0.739. The first kappa shape index (κ1) is 15.5. The predicted molar refractivity (Wildman–Crippen MR) is 82.6 cm³/mol. The van der Waals surface area contributed by atoms with Gasteiger partial charge < -0.3 is 10.2 Å². The Balaban J connectivity index is 1.81. The summed E-state index contributed by atoms with van der Waals surface area (Å²) in [6, 6.07) is 8.49. The van der Waals surface area contributed by atoms with E-state index in [0.29, 0.717) is 6.54 Å². The van der Waals surface area contributed by atoms with E-state index in [1.807, 2.05) is 0 Å². The van der Waals surface area contributed by atoms with E-state index in [-0.39, 0.29) is 17.5 Å². The van der Waals surface area contributed by atoms with Crippen molar-refractivity contribution >= 4 is 9.84 Å². The number of aryl methyl sites for hydroxylation is 1. The number of hydrogen-bond acceptors (Lipinski definition) is 4. The van der Waals surface area contributed by atoms with Gasteiger partial charge >= 0.3 is 0 Å². The lowest BCUT2D eigenvalue weighted by Gasteiger charge is -2.26. The van der Waals surface area contributed by atoms with Crippen LogP contribution in [-0.2, 0) is 16.4 Å². The van der Waals surface area contributed by atoms with Gasteiger partial charge in [-0.3, -0.25) is 0 Å². The summed E-state index contributed by atoms with van der Waals surface area (Å²) in [6.45, 7) is 4.53. The van der Waals surface area contributed by atoms with E-state index in [1.165, 1.54) is 11.1 Å². The van der Waals surface area contributed by atoms with Crippen LogP contribution in [-0.4, -0.2) is 51.0 Å². The second-order valence-corrected chi connectivity index (χ2v) is 7.95. The van der Waals surface area contributed by atoms with E-state index in [4.69, 9.17) is 0 Å². The van der Waals surface area contributed by atoms with E-state index in [9.17, 15) is 8.42 Å². The summed E-state index contributed by atoms with van der Waals surface area (Å²) in [5, 5.41) is 3.30. The predicted octanol–water partition coefficient (Wildman–Crippen LogP) is 1.20. The molecular formula is C15H24N2O2S. The molecule has 5 heteroatoms. The maximum Gasteiger partial charge on any atom is 0.153 e. The van der Waals surface area contributed by atoms with Crippen LogP contribution in [0.15, 0.2) is 24.3 Å². The highest BCUT2D eigenvalue weighted by Gasteiger charge is 2.24. The number of hydrogen-bond donors (Lipinski definition) is 1. The third-order valence-electron chi connectivity index (χ3n) is 3.86. The smallest absolute Gasteiger partial charge is 0.153 e. The largest absolute Gasteiger partial charge is 0.312 e. The minimum atomic E-state index is -2.83. The molecule has 0 saturated carbocycles. The molecule has 4 nitrogen and oxygen atoms in total. The minimum absolute atomic E-state index is 0.105. The second-order valence-electron chi connectivity index (χ2n) is 5.72. The molecule has 0 aromatic heterocycles. The minimum Gasteiger partial charge on any atom is -0.312 e. The average Bonchev–Trinajstić information content (AvgIpc) is 2.38. The van der Waals surface area contributed by atoms with E-state index >= 15 is 0 Å². The van der Waals surface area contributed by atoms with Gasteiger partial charge in [-0.05, 0) is 38.1 Å². The van der Waals surface area contributed by atoms with E-state index < -0.39 is 9.84 Å². The van der Waals surface area contributed by atoms with Crippen LogP contribution in [0.1, 0.15) is 17.5 Å². The number of benzene rings is 1. The first-order valence-corrected chi connectivity index (χ1v) is 8.95. The highest BCUT2D eigenvalue weighted by molar-refractivity contribution is 7.91. The molecule has 1 fully saturated rings. The maximum absolute atomic E-state index is 11.6. The summed E-state index contributed by atoms with van der Waals surface area (Å²) in [4.78, 5) is 2.26. The fourth-order valence-corrected chi connectivity index (χ4v) is 4.08. The van der Waals surface area contributed by atoms with Crippen LogP contribution >= 0.6 is 0 Å². The first-order valence-electron chi connectivity index (χ1n) is 7.13. The summed E-state index contributed by atoms with van der Waals surface area (Å²) in [6.07, 6.45) is 0.877. The Bertz CT molecular complexity index is 543.